The van der Waals surface area contributed by atoms with Crippen LogP contribution in [0.1, 0.15) is 26.3 Å². The summed E-state index contributed by atoms with van der Waals surface area (Å²) in [5, 5.41) is 28.2. The average Bonchev–Trinajstić information content (AvgIpc) is 3.64. The van der Waals surface area contributed by atoms with Crippen molar-refractivity contribution in [2.24, 2.45) is 5.41 Å². The number of aliphatic hydroxyl groups is 1. The van der Waals surface area contributed by atoms with Crippen LogP contribution in [-0.2, 0) is 13.2 Å². The zero-order valence-electron chi connectivity index (χ0n) is 26.2. The Labute approximate surface area is 262 Å². The summed E-state index contributed by atoms with van der Waals surface area (Å²) in [7, 11) is 3.36. The fraction of sp³-hybridized carbons (Fsp3) is 0.294. The minimum atomic E-state index is -0.964. The quantitative estimate of drug-likeness (QED) is 0.153. The molecule has 3 aromatic heterocycles. The lowest BCUT2D eigenvalue weighted by atomic mass is 9.96. The van der Waals surface area contributed by atoms with E-state index in [1.54, 1.807) is 25.0 Å². The minimum Gasteiger partial charge on any atom is -0.465 e. The minimum absolute atomic E-state index is 0.0488. The molecule has 0 aliphatic carbocycles. The van der Waals surface area contributed by atoms with Gasteiger partial charge in [0.1, 0.15) is 11.3 Å². The molecule has 2 aromatic carbocycles. The summed E-state index contributed by atoms with van der Waals surface area (Å²) < 4.78 is 1.79. The van der Waals surface area contributed by atoms with Crippen molar-refractivity contribution in [1.29, 1.82) is 0 Å². The number of aromatic nitrogens is 4. The zero-order valence-corrected chi connectivity index (χ0v) is 26.2. The molecule has 234 valence electrons. The summed E-state index contributed by atoms with van der Waals surface area (Å²) in [5.74, 6) is 0. The zero-order chi connectivity index (χ0) is 32.3. The molecule has 11 nitrogen and oxygen atoms in total. The van der Waals surface area contributed by atoms with Gasteiger partial charge in [0.2, 0.25) is 0 Å². The second-order valence-corrected chi connectivity index (χ2v) is 12.5. The Kier molecular flexibility index (Phi) is 8.92. The first-order valence-electron chi connectivity index (χ1n) is 14.7. The molecule has 0 aliphatic rings. The Bertz CT molecular complexity index is 1820. The number of rotatable bonds is 9. The maximum Gasteiger partial charge on any atom is 0.407 e. The summed E-state index contributed by atoms with van der Waals surface area (Å²) in [5.41, 5.74) is 7.13. The smallest absolute Gasteiger partial charge is 0.407 e. The van der Waals surface area contributed by atoms with Crippen LogP contribution in [0.25, 0.3) is 44.7 Å². The maximum atomic E-state index is 12.2. The molecule has 0 bridgehead atoms. The molecule has 4 N–H and O–H groups in total. The highest BCUT2D eigenvalue weighted by Gasteiger charge is 2.22. The molecule has 0 saturated carbocycles. The van der Waals surface area contributed by atoms with E-state index in [0.29, 0.717) is 24.4 Å². The van der Waals surface area contributed by atoms with Gasteiger partial charge in [-0.3, -0.25) is 4.68 Å². The van der Waals surface area contributed by atoms with E-state index < -0.39 is 6.09 Å². The van der Waals surface area contributed by atoms with Gasteiger partial charge in [-0.15, -0.1) is 0 Å². The Balaban J connectivity index is 1.56. The fourth-order valence-corrected chi connectivity index (χ4v) is 5.19. The highest BCUT2D eigenvalue weighted by molar-refractivity contribution is 5.99. The lowest BCUT2D eigenvalue weighted by Gasteiger charge is -2.27. The van der Waals surface area contributed by atoms with Gasteiger partial charge in [0.15, 0.2) is 0 Å². The van der Waals surface area contributed by atoms with Crippen molar-refractivity contribution >= 4 is 28.8 Å². The van der Waals surface area contributed by atoms with Gasteiger partial charge in [0.25, 0.3) is 0 Å². The summed E-state index contributed by atoms with van der Waals surface area (Å²) >= 11 is 0. The van der Waals surface area contributed by atoms with Crippen molar-refractivity contribution in [3.8, 4) is 33.6 Å². The predicted molar refractivity (Wildman–Crippen MR) is 176 cm³/mol. The van der Waals surface area contributed by atoms with Crippen LogP contribution in [0.15, 0.2) is 73.1 Å². The summed E-state index contributed by atoms with van der Waals surface area (Å²) in [6.07, 6.45) is 2.73. The van der Waals surface area contributed by atoms with E-state index in [4.69, 9.17) is 5.10 Å². The number of carbonyl (C=O) groups excluding carboxylic acids is 1. The van der Waals surface area contributed by atoms with Crippen molar-refractivity contribution in [3.63, 3.8) is 0 Å². The number of benzene rings is 2. The molecule has 0 atom stereocenters. The van der Waals surface area contributed by atoms with E-state index in [1.165, 1.54) is 9.80 Å². The number of hydrogen-bond acceptors (Lipinski definition) is 5. The molecular formula is C34H39N7O4. The van der Waals surface area contributed by atoms with Crippen LogP contribution in [0.5, 0.6) is 0 Å². The van der Waals surface area contributed by atoms with Crippen LogP contribution >= 0.6 is 0 Å². The van der Waals surface area contributed by atoms with Crippen LogP contribution in [0.3, 0.4) is 0 Å². The summed E-state index contributed by atoms with van der Waals surface area (Å²) in [4.78, 5) is 35.1. The molecule has 0 unspecified atom stereocenters. The van der Waals surface area contributed by atoms with Crippen molar-refractivity contribution in [1.82, 2.24) is 29.5 Å². The molecular weight excluding hydrogens is 570 g/mol. The second-order valence-electron chi connectivity index (χ2n) is 12.5. The molecule has 0 radical (unpaired) electrons. The van der Waals surface area contributed by atoms with Gasteiger partial charge in [-0.2, -0.15) is 5.10 Å². The van der Waals surface area contributed by atoms with Crippen LogP contribution < -0.4 is 5.32 Å². The van der Waals surface area contributed by atoms with Gasteiger partial charge in [-0.05, 0) is 52.4 Å². The number of urea groups is 1. The van der Waals surface area contributed by atoms with Gasteiger partial charge < -0.3 is 30.3 Å². The predicted octanol–water partition coefficient (Wildman–Crippen LogP) is 6.37. The highest BCUT2D eigenvalue weighted by atomic mass is 16.4. The van der Waals surface area contributed by atoms with E-state index in [1.807, 2.05) is 87.6 Å². The number of nitrogens with zero attached hydrogens (tertiary/aromatic N) is 5. The van der Waals surface area contributed by atoms with E-state index in [-0.39, 0.29) is 24.6 Å². The molecule has 0 saturated heterocycles. The maximum absolute atomic E-state index is 12.2. The molecule has 0 spiro atoms. The Morgan fingerprint density at radius 3 is 2.42 bits per heavy atom. The second kappa shape index (κ2) is 12.8. The molecule has 3 heterocycles. The molecule has 0 aliphatic heterocycles. The average molecular weight is 610 g/mol. The van der Waals surface area contributed by atoms with Gasteiger partial charge in [0.05, 0.1) is 13.2 Å². The largest absolute Gasteiger partial charge is 0.465 e. The van der Waals surface area contributed by atoms with E-state index in [2.05, 4.69) is 15.3 Å². The molecule has 11 heteroatoms. The Morgan fingerprint density at radius 1 is 1.00 bits per heavy atom. The van der Waals surface area contributed by atoms with Crippen molar-refractivity contribution < 1.29 is 19.8 Å². The highest BCUT2D eigenvalue weighted by Crippen LogP contribution is 2.37. The number of H-pyrrole nitrogens is 1. The third kappa shape index (κ3) is 7.32. The lowest BCUT2D eigenvalue weighted by Crippen LogP contribution is -2.38. The van der Waals surface area contributed by atoms with E-state index >= 15 is 0 Å². The topological polar surface area (TPSA) is 140 Å². The third-order valence-electron chi connectivity index (χ3n) is 7.35. The Morgan fingerprint density at radius 2 is 1.76 bits per heavy atom. The van der Waals surface area contributed by atoms with Gasteiger partial charge in [-0.25, -0.2) is 14.6 Å². The van der Waals surface area contributed by atoms with Gasteiger partial charge >= 0.3 is 12.1 Å². The first-order valence-corrected chi connectivity index (χ1v) is 14.7. The molecule has 5 aromatic rings. The van der Waals surface area contributed by atoms with Crippen LogP contribution in [-0.4, -0.2) is 79.1 Å². The first-order chi connectivity index (χ1) is 21.4. The van der Waals surface area contributed by atoms with Crippen molar-refractivity contribution in [2.45, 2.75) is 33.9 Å². The van der Waals surface area contributed by atoms with Crippen molar-refractivity contribution in [2.75, 3.05) is 32.5 Å². The standard InChI is InChI=1S/C34H39N7O4/c1-34(2,3)21-40(33(44)45)15-16-41-19-28(30(38-41)23-9-11-25(12-10-23)36-32(43)39(4)5)26-13-14-35-31-27(26)18-29(37-31)24-8-6-7-22(17-24)20-42/h6-14,17-19,42H,15-16,20-21H2,1-5H3,(H,35,37)(H,36,43)(H,44,45). The van der Waals surface area contributed by atoms with E-state index in [9.17, 15) is 19.8 Å². The number of carbonyl (C=O) groups is 2. The van der Waals surface area contributed by atoms with Crippen LogP contribution in [0, 0.1) is 5.41 Å². The lowest BCUT2D eigenvalue weighted by molar-refractivity contribution is 0.123. The van der Waals surface area contributed by atoms with Gasteiger partial charge in [-0.1, -0.05) is 51.1 Å². The molecule has 5 rings (SSSR count). The Hall–Kier alpha value is -5.16. The number of anilines is 1. The molecule has 45 heavy (non-hydrogen) atoms. The number of carboxylic acid groups (broad SMARTS) is 1. The summed E-state index contributed by atoms with van der Waals surface area (Å²) in [6, 6.07) is 19.0. The van der Waals surface area contributed by atoms with Crippen LogP contribution in [0.4, 0.5) is 15.3 Å². The monoisotopic (exact) mass is 609 g/mol. The fourth-order valence-electron chi connectivity index (χ4n) is 5.19. The first kappa shape index (κ1) is 31.3. The molecule has 0 fully saturated rings. The number of fused-ring (bicyclic) bond motifs is 1. The number of amides is 3. The number of hydrogen-bond donors (Lipinski definition) is 4. The van der Waals surface area contributed by atoms with E-state index in [0.717, 1.165) is 44.6 Å². The van der Waals surface area contributed by atoms with Gasteiger partial charge in [0, 0.05) is 67.5 Å². The van der Waals surface area contributed by atoms with Crippen molar-refractivity contribution in [3.05, 3.63) is 78.6 Å². The SMILES string of the molecule is CN(C)C(=O)Nc1ccc(-c2nn(CCN(CC(C)(C)C)C(=O)O)cc2-c2ccnc3[nH]c(-c4cccc(CO)c4)cc23)cc1. The normalized spacial score (nSPS) is 11.5. The number of pyridine rings is 1. The van der Waals surface area contributed by atoms with Crippen LogP contribution in [0.2, 0.25) is 0 Å². The number of aliphatic hydroxyl groups excluding tert-OH is 1. The number of aromatic amines is 1. The number of nitrogens with one attached hydrogen (secondary N) is 2. The summed E-state index contributed by atoms with van der Waals surface area (Å²) in [6.45, 7) is 7.04. The molecule has 3 amide bonds. The third-order valence-corrected chi connectivity index (χ3v) is 7.35.